The predicted molar refractivity (Wildman–Crippen MR) is 65.4 cm³/mol. The van der Waals surface area contributed by atoms with Crippen molar-refractivity contribution >= 4 is 11.7 Å². The standard InChI is InChI=1S/C13H14N2O3/c1-8(12-4-3-5-18-12)15-13(17)11-6-10(7-14-11)9(2)16/h3-8,14H,1-2H3,(H,15,17)/t8-/m1/s1. The molecule has 0 unspecified atom stereocenters. The third-order valence-electron chi connectivity index (χ3n) is 2.65. The lowest BCUT2D eigenvalue weighted by molar-refractivity contribution is 0.0930. The summed E-state index contributed by atoms with van der Waals surface area (Å²) < 4.78 is 5.20. The number of carbonyl (C=O) groups excluding carboxylic acids is 2. The number of hydrogen-bond acceptors (Lipinski definition) is 3. The van der Waals surface area contributed by atoms with Gasteiger partial charge in [0.2, 0.25) is 0 Å². The van der Waals surface area contributed by atoms with Gasteiger partial charge in [0.1, 0.15) is 11.5 Å². The van der Waals surface area contributed by atoms with Gasteiger partial charge in [-0.3, -0.25) is 9.59 Å². The summed E-state index contributed by atoms with van der Waals surface area (Å²) in [5.41, 5.74) is 0.851. The predicted octanol–water partition coefficient (Wildman–Crippen LogP) is 2.30. The number of carbonyl (C=O) groups is 2. The molecular weight excluding hydrogens is 232 g/mol. The third-order valence-corrected chi connectivity index (χ3v) is 2.65. The first-order valence-electron chi connectivity index (χ1n) is 5.61. The number of amides is 1. The van der Waals surface area contributed by atoms with Crippen molar-refractivity contribution in [3.05, 3.63) is 47.7 Å². The van der Waals surface area contributed by atoms with E-state index in [4.69, 9.17) is 4.42 Å². The second-order valence-electron chi connectivity index (χ2n) is 4.07. The summed E-state index contributed by atoms with van der Waals surface area (Å²) in [4.78, 5) is 25.8. The Hall–Kier alpha value is -2.30. The van der Waals surface area contributed by atoms with Crippen LogP contribution in [0.4, 0.5) is 0 Å². The first-order valence-corrected chi connectivity index (χ1v) is 5.61. The average Bonchev–Trinajstić information content (AvgIpc) is 3.00. The van der Waals surface area contributed by atoms with E-state index in [1.807, 2.05) is 6.92 Å². The van der Waals surface area contributed by atoms with Gasteiger partial charge in [0.25, 0.3) is 5.91 Å². The molecule has 94 valence electrons. The van der Waals surface area contributed by atoms with Crippen molar-refractivity contribution in [1.82, 2.24) is 10.3 Å². The monoisotopic (exact) mass is 246 g/mol. The first-order chi connectivity index (χ1) is 8.58. The van der Waals surface area contributed by atoms with Crippen LogP contribution in [0.3, 0.4) is 0 Å². The Morgan fingerprint density at radius 2 is 2.22 bits per heavy atom. The van der Waals surface area contributed by atoms with Crippen molar-refractivity contribution in [2.24, 2.45) is 0 Å². The fraction of sp³-hybridized carbons (Fsp3) is 0.231. The number of ketones is 1. The average molecular weight is 246 g/mol. The highest BCUT2D eigenvalue weighted by Crippen LogP contribution is 2.13. The Labute approximate surface area is 104 Å². The molecule has 0 bridgehead atoms. The topological polar surface area (TPSA) is 75.1 Å². The van der Waals surface area contributed by atoms with Crippen molar-refractivity contribution in [1.29, 1.82) is 0 Å². The van der Waals surface area contributed by atoms with Crippen molar-refractivity contribution in [3.63, 3.8) is 0 Å². The van der Waals surface area contributed by atoms with Crippen LogP contribution in [-0.4, -0.2) is 16.7 Å². The van der Waals surface area contributed by atoms with Crippen molar-refractivity contribution < 1.29 is 14.0 Å². The van der Waals surface area contributed by atoms with Crippen LogP contribution in [0.15, 0.2) is 35.1 Å². The molecule has 2 heterocycles. The van der Waals surface area contributed by atoms with Gasteiger partial charge in [-0.15, -0.1) is 0 Å². The summed E-state index contributed by atoms with van der Waals surface area (Å²) in [6, 6.07) is 4.87. The Morgan fingerprint density at radius 1 is 1.44 bits per heavy atom. The number of aromatic nitrogens is 1. The van der Waals surface area contributed by atoms with Crippen LogP contribution in [0, 0.1) is 0 Å². The summed E-state index contributed by atoms with van der Waals surface area (Å²) in [5, 5.41) is 2.78. The molecule has 2 rings (SSSR count). The second-order valence-corrected chi connectivity index (χ2v) is 4.07. The van der Waals surface area contributed by atoms with E-state index in [0.717, 1.165) is 0 Å². The van der Waals surface area contributed by atoms with Gasteiger partial charge in [-0.05, 0) is 32.0 Å². The number of hydrogen-bond donors (Lipinski definition) is 2. The Morgan fingerprint density at radius 3 is 2.78 bits per heavy atom. The largest absolute Gasteiger partial charge is 0.467 e. The molecule has 2 N–H and O–H groups in total. The maximum atomic E-state index is 11.9. The summed E-state index contributed by atoms with van der Waals surface area (Å²) in [6.07, 6.45) is 3.08. The number of H-pyrrole nitrogens is 1. The number of aromatic amines is 1. The molecule has 0 saturated heterocycles. The molecule has 0 aliphatic heterocycles. The van der Waals surface area contributed by atoms with E-state index in [0.29, 0.717) is 17.0 Å². The maximum Gasteiger partial charge on any atom is 0.268 e. The Bertz CT molecular complexity index is 555. The molecule has 18 heavy (non-hydrogen) atoms. The quantitative estimate of drug-likeness (QED) is 0.813. The van der Waals surface area contributed by atoms with Gasteiger partial charge in [0.15, 0.2) is 5.78 Å². The van der Waals surface area contributed by atoms with Gasteiger partial charge in [0.05, 0.1) is 12.3 Å². The summed E-state index contributed by atoms with van der Waals surface area (Å²) in [6.45, 7) is 3.28. The van der Waals surface area contributed by atoms with Gasteiger partial charge >= 0.3 is 0 Å². The summed E-state index contributed by atoms with van der Waals surface area (Å²) >= 11 is 0. The molecule has 2 aromatic heterocycles. The smallest absolute Gasteiger partial charge is 0.268 e. The SMILES string of the molecule is CC(=O)c1c[nH]c(C(=O)N[C@H](C)c2ccco2)c1. The lowest BCUT2D eigenvalue weighted by Gasteiger charge is -2.10. The number of Topliss-reactive ketones (excluding diaryl/α,β-unsaturated/α-hetero) is 1. The fourth-order valence-corrected chi connectivity index (χ4v) is 1.61. The van der Waals surface area contributed by atoms with Crippen LogP contribution < -0.4 is 5.32 Å². The summed E-state index contributed by atoms with van der Waals surface area (Å²) in [7, 11) is 0. The van der Waals surface area contributed by atoms with Crippen LogP contribution in [0.2, 0.25) is 0 Å². The van der Waals surface area contributed by atoms with Gasteiger partial charge in [-0.25, -0.2) is 0 Å². The molecule has 5 heteroatoms. The minimum absolute atomic E-state index is 0.0793. The van der Waals surface area contributed by atoms with Crippen LogP contribution >= 0.6 is 0 Å². The van der Waals surface area contributed by atoms with E-state index in [2.05, 4.69) is 10.3 Å². The molecule has 0 aromatic carbocycles. The number of furan rings is 1. The van der Waals surface area contributed by atoms with Gasteiger partial charge in [0, 0.05) is 11.8 Å². The first kappa shape index (κ1) is 12.2. The molecule has 0 aliphatic carbocycles. The van der Waals surface area contributed by atoms with E-state index in [1.165, 1.54) is 19.2 Å². The molecule has 0 fully saturated rings. The highest BCUT2D eigenvalue weighted by molar-refractivity contribution is 5.99. The van der Waals surface area contributed by atoms with E-state index in [9.17, 15) is 9.59 Å². The molecule has 5 nitrogen and oxygen atoms in total. The molecule has 1 atom stereocenters. The molecule has 1 amide bonds. The highest BCUT2D eigenvalue weighted by atomic mass is 16.3. The van der Waals surface area contributed by atoms with E-state index in [-0.39, 0.29) is 17.7 Å². The van der Waals surface area contributed by atoms with E-state index in [1.54, 1.807) is 18.4 Å². The van der Waals surface area contributed by atoms with Crippen molar-refractivity contribution in [2.75, 3.05) is 0 Å². The molecule has 0 spiro atoms. The van der Waals surface area contributed by atoms with Crippen LogP contribution in [0.5, 0.6) is 0 Å². The molecule has 0 radical (unpaired) electrons. The van der Waals surface area contributed by atoms with Crippen LogP contribution in [0.25, 0.3) is 0 Å². The zero-order valence-electron chi connectivity index (χ0n) is 10.2. The highest BCUT2D eigenvalue weighted by Gasteiger charge is 2.15. The zero-order chi connectivity index (χ0) is 13.1. The molecule has 2 aromatic rings. The molecule has 0 aliphatic rings. The Balaban J connectivity index is 2.05. The molecular formula is C13H14N2O3. The Kier molecular flexibility index (Phi) is 3.32. The van der Waals surface area contributed by atoms with Crippen molar-refractivity contribution in [2.45, 2.75) is 19.9 Å². The number of rotatable bonds is 4. The van der Waals surface area contributed by atoms with Gasteiger partial charge < -0.3 is 14.7 Å². The van der Waals surface area contributed by atoms with Gasteiger partial charge in [-0.2, -0.15) is 0 Å². The van der Waals surface area contributed by atoms with E-state index < -0.39 is 0 Å². The van der Waals surface area contributed by atoms with E-state index >= 15 is 0 Å². The minimum Gasteiger partial charge on any atom is -0.467 e. The maximum absolute atomic E-state index is 11.9. The van der Waals surface area contributed by atoms with Crippen molar-refractivity contribution in [3.8, 4) is 0 Å². The van der Waals surface area contributed by atoms with Crippen LogP contribution in [0.1, 0.15) is 46.5 Å². The van der Waals surface area contributed by atoms with Gasteiger partial charge in [-0.1, -0.05) is 0 Å². The minimum atomic E-state index is -0.272. The summed E-state index contributed by atoms with van der Waals surface area (Å²) in [5.74, 6) is 0.331. The number of nitrogens with one attached hydrogen (secondary N) is 2. The molecule has 0 saturated carbocycles. The fourth-order valence-electron chi connectivity index (χ4n) is 1.61. The lowest BCUT2D eigenvalue weighted by Crippen LogP contribution is -2.26. The normalized spacial score (nSPS) is 12.1. The van der Waals surface area contributed by atoms with Crippen LogP contribution in [-0.2, 0) is 0 Å². The lowest BCUT2D eigenvalue weighted by atomic mass is 10.2. The third kappa shape index (κ3) is 2.51. The second kappa shape index (κ2) is 4.91. The zero-order valence-corrected chi connectivity index (χ0v) is 10.2.